The second kappa shape index (κ2) is 11.6. The maximum Gasteiger partial charge on any atom is 0.0636 e. The smallest absolute Gasteiger partial charge is 0.0616 e. The SMILES string of the molecule is [2H]c1c([2H])c([2H])c2c([2H])c(-c3c4c([2H])c([2H])c([2H])c([2H])c4c(-c4cccc(-c5ccc6ccccc6c5)c4)c4c([2H])c(-c5c([2H])c([2H])c([2H])c6c([2H])c([2H])c([2H])c([2H])c56)c([2H])c([2H])c34)c([2H])c([2H])c2c1[2H]. The third kappa shape index (κ3) is 4.69. The highest BCUT2D eigenvalue weighted by Gasteiger charge is 2.19. The standard InChI is InChI=1S/C50H32/c1-3-14-36-29-39(25-23-33(36)11-1)38-17-9-18-41(31-38)50-46-21-8-7-20-45(46)49(42-26-24-34-12-2-4-15-37(34)30-42)47-28-27-40(32-48(47)50)44-22-10-16-35-13-5-6-19-43(35)44/h1-32H/i2D,4D,5D,6D,7D,8D,10D,12D,13D,15D,16D,19D,20D,21D,22D,24D,26D,27D,28D,30D,32D. The van der Waals surface area contributed by atoms with E-state index in [4.69, 9.17) is 16.4 Å². The molecule has 0 heterocycles. The minimum absolute atomic E-state index is 0.138. The largest absolute Gasteiger partial charge is 0.0636 e. The number of fused-ring (bicyclic) bond motifs is 5. The second-order valence-electron chi connectivity index (χ2n) is 11.6. The zero-order valence-electron chi connectivity index (χ0n) is 46.9. The van der Waals surface area contributed by atoms with Gasteiger partial charge in [-0.2, -0.15) is 0 Å². The summed E-state index contributed by atoms with van der Waals surface area (Å²) in [7, 11) is 0. The van der Waals surface area contributed by atoms with Crippen molar-refractivity contribution in [2.24, 2.45) is 0 Å². The molecular weight excluding hydrogens is 601 g/mol. The van der Waals surface area contributed by atoms with Gasteiger partial charge in [0, 0.05) is 0 Å². The fourth-order valence-electron chi connectivity index (χ4n) is 6.51. The fourth-order valence-corrected chi connectivity index (χ4v) is 6.51. The van der Waals surface area contributed by atoms with Crippen molar-refractivity contribution < 1.29 is 28.8 Å². The number of hydrogen-bond acceptors (Lipinski definition) is 0. The minimum Gasteiger partial charge on any atom is -0.0616 e. The van der Waals surface area contributed by atoms with Crippen molar-refractivity contribution in [3.8, 4) is 44.5 Å². The predicted octanol–water partition coefficient (Wildman–Crippen LogP) is 14.1. The molecule has 0 amide bonds. The van der Waals surface area contributed by atoms with Crippen LogP contribution in [0.25, 0.3) is 98.4 Å². The van der Waals surface area contributed by atoms with Crippen molar-refractivity contribution in [1.82, 2.24) is 0 Å². The summed E-state index contributed by atoms with van der Waals surface area (Å²) in [6, 6.07) is 3.53. The van der Waals surface area contributed by atoms with E-state index in [1.807, 2.05) is 42.5 Å². The van der Waals surface area contributed by atoms with Crippen LogP contribution in [0.2, 0.25) is 0 Å². The summed E-state index contributed by atoms with van der Waals surface area (Å²) >= 11 is 0. The van der Waals surface area contributed by atoms with E-state index >= 15 is 0 Å². The highest BCUT2D eigenvalue weighted by atomic mass is 14.2. The molecular formula is C50H32. The third-order valence-electron chi connectivity index (χ3n) is 8.80. The van der Waals surface area contributed by atoms with E-state index in [0.29, 0.717) is 11.1 Å². The first-order valence-corrected chi connectivity index (χ1v) is 15.6. The zero-order chi connectivity index (χ0) is 51.3. The van der Waals surface area contributed by atoms with Gasteiger partial charge in [0.05, 0.1) is 28.8 Å². The molecule has 0 saturated carbocycles. The van der Waals surface area contributed by atoms with Crippen molar-refractivity contribution in [2.45, 2.75) is 0 Å². The molecule has 0 heteroatoms. The van der Waals surface area contributed by atoms with Gasteiger partial charge < -0.3 is 0 Å². The first-order chi connectivity index (χ1) is 33.5. The predicted molar refractivity (Wildman–Crippen MR) is 216 cm³/mol. The van der Waals surface area contributed by atoms with Gasteiger partial charge in [0.15, 0.2) is 0 Å². The molecule has 232 valence electrons. The van der Waals surface area contributed by atoms with E-state index in [1.54, 1.807) is 24.3 Å². The monoisotopic (exact) mass is 653 g/mol. The molecule has 0 aromatic heterocycles. The number of benzene rings is 10. The Hall–Kier alpha value is -6.50. The zero-order valence-corrected chi connectivity index (χ0v) is 25.9. The molecule has 0 bridgehead atoms. The summed E-state index contributed by atoms with van der Waals surface area (Å²) in [5.74, 6) is 0. The Morgan fingerprint density at radius 3 is 1.80 bits per heavy atom. The van der Waals surface area contributed by atoms with Gasteiger partial charge in [-0.3, -0.25) is 0 Å². The summed E-state index contributed by atoms with van der Waals surface area (Å²) in [6.45, 7) is 0. The Kier molecular flexibility index (Phi) is 3.37. The quantitative estimate of drug-likeness (QED) is 0.166. The van der Waals surface area contributed by atoms with Crippen LogP contribution < -0.4 is 0 Å². The van der Waals surface area contributed by atoms with Crippen LogP contribution >= 0.6 is 0 Å². The summed E-state index contributed by atoms with van der Waals surface area (Å²) in [4.78, 5) is 0. The van der Waals surface area contributed by atoms with Gasteiger partial charge >= 0.3 is 0 Å². The van der Waals surface area contributed by atoms with Crippen LogP contribution in [0.15, 0.2) is 194 Å². The normalized spacial score (nSPS) is 17.5. The Bertz CT molecular complexity index is 4120. The molecule has 0 nitrogen and oxygen atoms in total. The van der Waals surface area contributed by atoms with Crippen molar-refractivity contribution in [3.63, 3.8) is 0 Å². The first kappa shape index (κ1) is 14.5. The summed E-state index contributed by atoms with van der Waals surface area (Å²) in [5.41, 5.74) is -1.02. The van der Waals surface area contributed by atoms with Crippen molar-refractivity contribution in [3.05, 3.63) is 194 Å². The van der Waals surface area contributed by atoms with Gasteiger partial charge in [-0.15, -0.1) is 0 Å². The maximum atomic E-state index is 10.3. The van der Waals surface area contributed by atoms with Gasteiger partial charge in [-0.1, -0.05) is 169 Å². The lowest BCUT2D eigenvalue weighted by atomic mass is 9.83. The Morgan fingerprint density at radius 1 is 0.300 bits per heavy atom. The molecule has 0 saturated heterocycles. The molecule has 0 unspecified atom stereocenters. The van der Waals surface area contributed by atoms with Crippen molar-refractivity contribution in [2.75, 3.05) is 0 Å². The molecule has 0 aliphatic rings. The molecule has 10 aromatic carbocycles. The van der Waals surface area contributed by atoms with Crippen LogP contribution in [0, 0.1) is 0 Å². The van der Waals surface area contributed by atoms with E-state index in [-0.39, 0.29) is 21.9 Å². The molecule has 0 fully saturated rings. The molecule has 0 aliphatic heterocycles. The van der Waals surface area contributed by atoms with Gasteiger partial charge in [0.2, 0.25) is 0 Å². The molecule has 50 heavy (non-hydrogen) atoms. The van der Waals surface area contributed by atoms with Gasteiger partial charge in [0.25, 0.3) is 0 Å². The topological polar surface area (TPSA) is 0 Å². The van der Waals surface area contributed by atoms with Crippen LogP contribution in [-0.2, 0) is 0 Å². The Labute approximate surface area is 321 Å². The summed E-state index contributed by atoms with van der Waals surface area (Å²) < 4.78 is 191. The van der Waals surface area contributed by atoms with E-state index in [1.165, 1.54) is 0 Å². The average Bonchev–Trinajstić information content (AvgIpc) is 3.36. The fraction of sp³-hybridized carbons (Fsp3) is 0. The lowest BCUT2D eigenvalue weighted by Gasteiger charge is -2.20. The molecule has 0 N–H and O–H groups in total. The van der Waals surface area contributed by atoms with Crippen LogP contribution in [-0.4, -0.2) is 0 Å². The minimum atomic E-state index is -0.897. The van der Waals surface area contributed by atoms with Crippen LogP contribution in [0.4, 0.5) is 0 Å². The molecule has 10 rings (SSSR count). The second-order valence-corrected chi connectivity index (χ2v) is 11.6. The Morgan fingerprint density at radius 2 is 0.940 bits per heavy atom. The van der Waals surface area contributed by atoms with E-state index in [2.05, 4.69) is 0 Å². The molecule has 0 radical (unpaired) electrons. The van der Waals surface area contributed by atoms with E-state index in [0.717, 1.165) is 10.8 Å². The highest BCUT2D eigenvalue weighted by Crippen LogP contribution is 2.46. The lowest BCUT2D eigenvalue weighted by Crippen LogP contribution is -1.92. The molecule has 0 aliphatic carbocycles. The van der Waals surface area contributed by atoms with Gasteiger partial charge in [-0.05, 0) is 123 Å². The lowest BCUT2D eigenvalue weighted by molar-refractivity contribution is 1.62. The molecule has 0 spiro atoms. The summed E-state index contributed by atoms with van der Waals surface area (Å²) in [5, 5.41) is -1.80. The van der Waals surface area contributed by atoms with Crippen LogP contribution in [0.1, 0.15) is 28.8 Å². The maximum absolute atomic E-state index is 10.3. The van der Waals surface area contributed by atoms with E-state index < -0.39 is 181 Å². The highest BCUT2D eigenvalue weighted by molar-refractivity contribution is 6.22. The Balaban J connectivity index is 1.51. The number of rotatable bonds is 4. The van der Waals surface area contributed by atoms with Crippen molar-refractivity contribution >= 4 is 53.9 Å². The third-order valence-corrected chi connectivity index (χ3v) is 8.80. The molecule has 0 atom stereocenters. The first-order valence-electron chi connectivity index (χ1n) is 26.1. The summed E-state index contributed by atoms with van der Waals surface area (Å²) in [6.07, 6.45) is 0. The molecule has 10 aromatic rings. The van der Waals surface area contributed by atoms with Gasteiger partial charge in [0.1, 0.15) is 0 Å². The average molecular weight is 654 g/mol. The van der Waals surface area contributed by atoms with E-state index in [9.17, 15) is 12.3 Å². The van der Waals surface area contributed by atoms with Crippen LogP contribution in [0.3, 0.4) is 0 Å². The number of hydrogen-bond donors (Lipinski definition) is 0. The van der Waals surface area contributed by atoms with Crippen LogP contribution in [0.5, 0.6) is 0 Å². The van der Waals surface area contributed by atoms with Gasteiger partial charge in [-0.25, -0.2) is 0 Å². The van der Waals surface area contributed by atoms with Crippen molar-refractivity contribution in [1.29, 1.82) is 0 Å².